The average molecular weight is 262 g/mol. The molecule has 1 fully saturated rings. The Balaban J connectivity index is 2.03. The molecule has 4 heteroatoms. The zero-order valence-corrected chi connectivity index (χ0v) is 11.7. The van der Waals surface area contributed by atoms with E-state index in [1.165, 1.54) is 11.1 Å². The standard InChI is InChI=1S/C15H22N2O2/c1-12-7-3-4-8-13(12)15-16-11-14(18)17(15)9-5-6-10-19-2/h3-4,7-8,15-16H,5-6,9-11H2,1-2H3. The van der Waals surface area contributed by atoms with Crippen molar-refractivity contribution < 1.29 is 9.53 Å². The van der Waals surface area contributed by atoms with Crippen LogP contribution in [-0.4, -0.2) is 37.6 Å². The number of methoxy groups -OCH3 is 1. The molecule has 0 radical (unpaired) electrons. The van der Waals surface area contributed by atoms with Crippen molar-refractivity contribution in [1.82, 2.24) is 10.2 Å². The summed E-state index contributed by atoms with van der Waals surface area (Å²) in [6.07, 6.45) is 1.99. The summed E-state index contributed by atoms with van der Waals surface area (Å²) in [6.45, 7) is 4.06. The smallest absolute Gasteiger partial charge is 0.238 e. The number of ether oxygens (including phenoxy) is 1. The van der Waals surface area contributed by atoms with E-state index in [-0.39, 0.29) is 12.1 Å². The maximum Gasteiger partial charge on any atom is 0.238 e. The van der Waals surface area contributed by atoms with Crippen LogP contribution in [0.15, 0.2) is 24.3 Å². The molecular formula is C15H22N2O2. The van der Waals surface area contributed by atoms with Crippen LogP contribution in [0.2, 0.25) is 0 Å². The number of amides is 1. The summed E-state index contributed by atoms with van der Waals surface area (Å²) in [7, 11) is 1.71. The molecule has 1 aromatic carbocycles. The highest BCUT2D eigenvalue weighted by atomic mass is 16.5. The lowest BCUT2D eigenvalue weighted by Gasteiger charge is -2.25. The lowest BCUT2D eigenvalue weighted by Crippen LogP contribution is -2.31. The monoisotopic (exact) mass is 262 g/mol. The number of carbonyl (C=O) groups is 1. The van der Waals surface area contributed by atoms with E-state index in [9.17, 15) is 4.79 Å². The van der Waals surface area contributed by atoms with Crippen molar-refractivity contribution in [3.05, 3.63) is 35.4 Å². The van der Waals surface area contributed by atoms with Gasteiger partial charge in [-0.2, -0.15) is 0 Å². The van der Waals surface area contributed by atoms with Gasteiger partial charge >= 0.3 is 0 Å². The Hall–Kier alpha value is -1.39. The minimum atomic E-state index is 0.0243. The lowest BCUT2D eigenvalue weighted by molar-refractivity contribution is -0.128. The normalized spacial score (nSPS) is 19.2. The Kier molecular flexibility index (Phi) is 4.93. The molecule has 1 heterocycles. The van der Waals surface area contributed by atoms with Crippen LogP contribution in [0.1, 0.15) is 30.1 Å². The SMILES string of the molecule is COCCCCN1C(=O)CNC1c1ccccc1C. The third-order valence-corrected chi connectivity index (χ3v) is 3.56. The molecule has 4 nitrogen and oxygen atoms in total. The van der Waals surface area contributed by atoms with Gasteiger partial charge in [0.1, 0.15) is 6.17 Å². The van der Waals surface area contributed by atoms with Crippen molar-refractivity contribution in [2.75, 3.05) is 26.8 Å². The predicted molar refractivity (Wildman–Crippen MR) is 74.7 cm³/mol. The molecule has 1 aliphatic rings. The molecule has 0 aromatic heterocycles. The highest BCUT2D eigenvalue weighted by Crippen LogP contribution is 2.25. The summed E-state index contributed by atoms with van der Waals surface area (Å²) in [5.74, 6) is 0.186. The van der Waals surface area contributed by atoms with Crippen LogP contribution in [0.5, 0.6) is 0 Å². The second kappa shape index (κ2) is 6.68. The summed E-state index contributed by atoms with van der Waals surface area (Å²) < 4.78 is 5.04. The Morgan fingerprint density at radius 3 is 2.89 bits per heavy atom. The molecular weight excluding hydrogens is 240 g/mol. The third-order valence-electron chi connectivity index (χ3n) is 3.56. The maximum atomic E-state index is 12.0. The highest BCUT2D eigenvalue weighted by Gasteiger charge is 2.31. The van der Waals surface area contributed by atoms with Crippen molar-refractivity contribution >= 4 is 5.91 Å². The number of nitrogens with zero attached hydrogens (tertiary/aromatic N) is 1. The molecule has 0 saturated carbocycles. The summed E-state index contributed by atoms with van der Waals surface area (Å²) in [6, 6.07) is 8.23. The number of rotatable bonds is 6. The fraction of sp³-hybridized carbons (Fsp3) is 0.533. The quantitative estimate of drug-likeness (QED) is 0.796. The van der Waals surface area contributed by atoms with Gasteiger partial charge in [0.15, 0.2) is 0 Å². The molecule has 19 heavy (non-hydrogen) atoms. The van der Waals surface area contributed by atoms with E-state index in [0.717, 1.165) is 26.0 Å². The van der Waals surface area contributed by atoms with Crippen LogP contribution in [0.3, 0.4) is 0 Å². The van der Waals surface area contributed by atoms with Gasteiger partial charge in [0.25, 0.3) is 0 Å². The molecule has 0 aliphatic carbocycles. The second-order valence-corrected chi connectivity index (χ2v) is 4.93. The Bertz CT molecular complexity index is 434. The first-order valence-electron chi connectivity index (χ1n) is 6.81. The van der Waals surface area contributed by atoms with Gasteiger partial charge in [0.05, 0.1) is 6.54 Å². The number of unbranched alkanes of at least 4 members (excludes halogenated alkanes) is 1. The van der Waals surface area contributed by atoms with Crippen LogP contribution in [0, 0.1) is 6.92 Å². The fourth-order valence-corrected chi connectivity index (χ4v) is 2.49. The number of aryl methyl sites for hydroxylation is 1. The van der Waals surface area contributed by atoms with Crippen molar-refractivity contribution in [3.63, 3.8) is 0 Å². The van der Waals surface area contributed by atoms with Crippen molar-refractivity contribution in [1.29, 1.82) is 0 Å². The summed E-state index contributed by atoms with van der Waals surface area (Å²) in [4.78, 5) is 13.9. The summed E-state index contributed by atoms with van der Waals surface area (Å²) in [5.41, 5.74) is 2.41. The molecule has 1 aromatic rings. The molecule has 0 bridgehead atoms. The Morgan fingerprint density at radius 1 is 1.37 bits per heavy atom. The second-order valence-electron chi connectivity index (χ2n) is 4.93. The zero-order valence-electron chi connectivity index (χ0n) is 11.7. The van der Waals surface area contributed by atoms with Gasteiger partial charge in [0, 0.05) is 20.3 Å². The minimum absolute atomic E-state index is 0.0243. The van der Waals surface area contributed by atoms with Crippen molar-refractivity contribution in [2.45, 2.75) is 25.9 Å². The molecule has 2 rings (SSSR count). The largest absolute Gasteiger partial charge is 0.385 e. The first kappa shape index (κ1) is 14.0. The van der Waals surface area contributed by atoms with E-state index >= 15 is 0 Å². The molecule has 0 spiro atoms. The molecule has 1 saturated heterocycles. The van der Waals surface area contributed by atoms with Crippen LogP contribution in [0.4, 0.5) is 0 Å². The van der Waals surface area contributed by atoms with E-state index in [4.69, 9.17) is 4.74 Å². The molecule has 1 atom stereocenters. The summed E-state index contributed by atoms with van der Waals surface area (Å²) in [5, 5.41) is 3.30. The average Bonchev–Trinajstić information content (AvgIpc) is 2.77. The number of nitrogens with one attached hydrogen (secondary N) is 1. The van der Waals surface area contributed by atoms with Crippen LogP contribution in [-0.2, 0) is 9.53 Å². The molecule has 1 N–H and O–H groups in total. The van der Waals surface area contributed by atoms with Gasteiger partial charge in [-0.15, -0.1) is 0 Å². The maximum absolute atomic E-state index is 12.0. The minimum Gasteiger partial charge on any atom is -0.385 e. The van der Waals surface area contributed by atoms with E-state index < -0.39 is 0 Å². The van der Waals surface area contributed by atoms with E-state index in [1.807, 2.05) is 17.0 Å². The van der Waals surface area contributed by atoms with Crippen LogP contribution < -0.4 is 5.32 Å². The zero-order chi connectivity index (χ0) is 13.7. The van der Waals surface area contributed by atoms with Gasteiger partial charge < -0.3 is 9.64 Å². The molecule has 104 valence electrons. The molecule has 1 amide bonds. The Morgan fingerprint density at radius 2 is 2.16 bits per heavy atom. The van der Waals surface area contributed by atoms with Crippen LogP contribution in [0.25, 0.3) is 0 Å². The lowest BCUT2D eigenvalue weighted by atomic mass is 10.1. The first-order valence-corrected chi connectivity index (χ1v) is 6.81. The van der Waals surface area contributed by atoms with Gasteiger partial charge in [0.2, 0.25) is 5.91 Å². The number of hydrogen-bond acceptors (Lipinski definition) is 3. The molecule has 1 aliphatic heterocycles. The van der Waals surface area contributed by atoms with Crippen molar-refractivity contribution in [3.8, 4) is 0 Å². The predicted octanol–water partition coefficient (Wildman–Crippen LogP) is 1.85. The number of hydrogen-bond donors (Lipinski definition) is 1. The van der Waals surface area contributed by atoms with Gasteiger partial charge in [-0.1, -0.05) is 24.3 Å². The van der Waals surface area contributed by atoms with Crippen LogP contribution >= 0.6 is 0 Å². The molecule has 1 unspecified atom stereocenters. The first-order chi connectivity index (χ1) is 9.24. The fourth-order valence-electron chi connectivity index (χ4n) is 2.49. The highest BCUT2D eigenvalue weighted by molar-refractivity contribution is 5.81. The number of carbonyl (C=O) groups excluding carboxylic acids is 1. The van der Waals surface area contributed by atoms with Gasteiger partial charge in [-0.05, 0) is 30.9 Å². The summed E-state index contributed by atoms with van der Waals surface area (Å²) >= 11 is 0. The topological polar surface area (TPSA) is 41.6 Å². The van der Waals surface area contributed by atoms with Crippen molar-refractivity contribution in [2.24, 2.45) is 0 Å². The third kappa shape index (κ3) is 3.33. The van der Waals surface area contributed by atoms with E-state index in [0.29, 0.717) is 6.54 Å². The van der Waals surface area contributed by atoms with Gasteiger partial charge in [-0.3, -0.25) is 10.1 Å². The van der Waals surface area contributed by atoms with E-state index in [2.05, 4.69) is 24.4 Å². The van der Waals surface area contributed by atoms with E-state index in [1.54, 1.807) is 7.11 Å². The Labute approximate surface area is 114 Å². The van der Waals surface area contributed by atoms with Gasteiger partial charge in [-0.25, -0.2) is 0 Å². The number of benzene rings is 1.